The van der Waals surface area contributed by atoms with Crippen LogP contribution in [0.4, 0.5) is 11.4 Å². The lowest BCUT2D eigenvalue weighted by atomic mass is 10.0. The van der Waals surface area contributed by atoms with Crippen molar-refractivity contribution in [3.8, 4) is 0 Å². The number of nitrogens with zero attached hydrogens (tertiary/aromatic N) is 5. The van der Waals surface area contributed by atoms with E-state index in [4.69, 9.17) is 0 Å². The first-order valence-corrected chi connectivity index (χ1v) is 9.22. The van der Waals surface area contributed by atoms with Gasteiger partial charge in [-0.1, -0.05) is 0 Å². The Morgan fingerprint density at radius 3 is 2.60 bits per heavy atom. The second-order valence-corrected chi connectivity index (χ2v) is 7.60. The molecule has 0 unspecified atom stereocenters. The fourth-order valence-electron chi connectivity index (χ4n) is 2.98. The zero-order chi connectivity index (χ0) is 18.0. The fourth-order valence-corrected chi connectivity index (χ4v) is 3.73. The van der Waals surface area contributed by atoms with Gasteiger partial charge in [-0.15, -0.1) is 0 Å². The molecule has 0 spiro atoms. The Morgan fingerprint density at radius 1 is 1.32 bits per heavy atom. The van der Waals surface area contributed by atoms with Gasteiger partial charge in [0.1, 0.15) is 18.3 Å². The van der Waals surface area contributed by atoms with Crippen LogP contribution in [-0.4, -0.2) is 48.2 Å². The smallest absolute Gasteiger partial charge is 0.293 e. The second-order valence-electron chi connectivity index (χ2n) is 5.71. The summed E-state index contributed by atoms with van der Waals surface area (Å²) in [6.45, 7) is 1.23. The highest BCUT2D eigenvalue weighted by molar-refractivity contribution is 7.89. The SMILES string of the molecule is CNS(=O)(=O)c1ccc(N2CCC(n3cncn3)CC2)c([N+](=O)[O-])c1. The zero-order valence-electron chi connectivity index (χ0n) is 13.6. The summed E-state index contributed by atoms with van der Waals surface area (Å²) in [6.07, 6.45) is 4.70. The molecule has 134 valence electrons. The Bertz CT molecular complexity index is 859. The molecule has 2 aromatic rings. The van der Waals surface area contributed by atoms with Crippen LogP contribution >= 0.6 is 0 Å². The molecule has 0 radical (unpaired) electrons. The minimum absolute atomic E-state index is 0.122. The molecule has 1 aromatic carbocycles. The molecule has 1 fully saturated rings. The number of rotatable bonds is 5. The van der Waals surface area contributed by atoms with Crippen molar-refractivity contribution in [2.75, 3.05) is 25.0 Å². The summed E-state index contributed by atoms with van der Waals surface area (Å²) in [6, 6.07) is 4.20. The Kier molecular flexibility index (Phi) is 4.68. The third kappa shape index (κ3) is 3.46. The van der Waals surface area contributed by atoms with Gasteiger partial charge in [0.25, 0.3) is 5.69 Å². The average molecular weight is 366 g/mol. The van der Waals surface area contributed by atoms with E-state index in [1.807, 2.05) is 4.90 Å². The van der Waals surface area contributed by atoms with Gasteiger partial charge in [-0.3, -0.25) is 10.1 Å². The molecule has 3 rings (SSSR count). The Balaban J connectivity index is 1.84. The number of sulfonamides is 1. The van der Waals surface area contributed by atoms with Crippen LogP contribution in [0.3, 0.4) is 0 Å². The highest BCUT2D eigenvalue weighted by Gasteiger charge is 2.27. The normalized spacial score (nSPS) is 16.1. The molecular weight excluding hydrogens is 348 g/mol. The molecule has 1 N–H and O–H groups in total. The number of nitro groups is 1. The minimum Gasteiger partial charge on any atom is -0.366 e. The van der Waals surface area contributed by atoms with Crippen molar-refractivity contribution in [2.45, 2.75) is 23.8 Å². The van der Waals surface area contributed by atoms with E-state index in [-0.39, 0.29) is 16.6 Å². The molecule has 0 aliphatic carbocycles. The lowest BCUT2D eigenvalue weighted by Gasteiger charge is -2.33. The van der Waals surface area contributed by atoms with E-state index in [2.05, 4.69) is 14.8 Å². The highest BCUT2D eigenvalue weighted by atomic mass is 32.2. The van der Waals surface area contributed by atoms with Gasteiger partial charge in [0.2, 0.25) is 10.0 Å². The van der Waals surface area contributed by atoms with Gasteiger partial charge in [0.15, 0.2) is 0 Å². The topological polar surface area (TPSA) is 123 Å². The number of nitro benzene ring substituents is 1. The van der Waals surface area contributed by atoms with E-state index in [0.717, 1.165) is 18.9 Å². The van der Waals surface area contributed by atoms with Crippen molar-refractivity contribution in [3.05, 3.63) is 41.0 Å². The molecule has 1 aliphatic heterocycles. The predicted octanol–water partition coefficient (Wildman–Crippen LogP) is 0.936. The summed E-state index contributed by atoms with van der Waals surface area (Å²) in [5, 5.41) is 15.6. The molecule has 1 aliphatic rings. The van der Waals surface area contributed by atoms with Gasteiger partial charge in [-0.2, -0.15) is 5.10 Å². The summed E-state index contributed by atoms with van der Waals surface area (Å²) < 4.78 is 27.7. The van der Waals surface area contributed by atoms with E-state index >= 15 is 0 Å². The molecule has 25 heavy (non-hydrogen) atoms. The number of nitrogens with one attached hydrogen (secondary N) is 1. The first-order chi connectivity index (χ1) is 11.9. The quantitative estimate of drug-likeness (QED) is 0.617. The summed E-state index contributed by atoms with van der Waals surface area (Å²) in [7, 11) is -2.46. The number of hydrogen-bond donors (Lipinski definition) is 1. The third-order valence-electron chi connectivity index (χ3n) is 4.34. The fraction of sp³-hybridized carbons (Fsp3) is 0.429. The van der Waals surface area contributed by atoms with Crippen LogP contribution in [-0.2, 0) is 10.0 Å². The van der Waals surface area contributed by atoms with E-state index in [0.29, 0.717) is 18.8 Å². The maximum absolute atomic E-state index is 11.9. The van der Waals surface area contributed by atoms with E-state index in [9.17, 15) is 18.5 Å². The summed E-state index contributed by atoms with van der Waals surface area (Å²) >= 11 is 0. The van der Waals surface area contributed by atoms with E-state index < -0.39 is 14.9 Å². The van der Waals surface area contributed by atoms with Crippen molar-refractivity contribution in [2.24, 2.45) is 0 Å². The van der Waals surface area contributed by atoms with Crippen LogP contribution in [0.1, 0.15) is 18.9 Å². The number of hydrogen-bond acceptors (Lipinski definition) is 7. The van der Waals surface area contributed by atoms with Crippen LogP contribution in [0.5, 0.6) is 0 Å². The van der Waals surface area contributed by atoms with Gasteiger partial charge >= 0.3 is 0 Å². The molecule has 1 aromatic heterocycles. The Labute approximate surface area is 144 Å². The van der Waals surface area contributed by atoms with Crippen molar-refractivity contribution >= 4 is 21.4 Å². The van der Waals surface area contributed by atoms with Gasteiger partial charge in [0.05, 0.1) is 15.9 Å². The third-order valence-corrected chi connectivity index (χ3v) is 5.75. The molecular formula is C14H18N6O4S. The molecule has 10 nitrogen and oxygen atoms in total. The second kappa shape index (κ2) is 6.76. The summed E-state index contributed by atoms with van der Waals surface area (Å²) in [5.41, 5.74) is 0.215. The number of benzene rings is 1. The highest BCUT2D eigenvalue weighted by Crippen LogP contribution is 2.34. The molecule has 1 saturated heterocycles. The molecule has 0 saturated carbocycles. The van der Waals surface area contributed by atoms with Crippen LogP contribution in [0.15, 0.2) is 35.7 Å². The number of anilines is 1. The van der Waals surface area contributed by atoms with Gasteiger partial charge in [0, 0.05) is 19.2 Å². The van der Waals surface area contributed by atoms with Crippen LogP contribution in [0.25, 0.3) is 0 Å². The van der Waals surface area contributed by atoms with Crippen molar-refractivity contribution in [3.63, 3.8) is 0 Å². The molecule has 11 heteroatoms. The number of piperidine rings is 1. The van der Waals surface area contributed by atoms with Crippen LogP contribution < -0.4 is 9.62 Å². The number of aromatic nitrogens is 3. The standard InChI is InChI=1S/C14H18N6O4S/c1-15-25(23,24)12-2-3-13(14(8-12)20(21)22)18-6-4-11(5-7-18)19-10-16-9-17-19/h2-3,8-11,15H,4-7H2,1H3. The molecule has 0 bridgehead atoms. The summed E-state index contributed by atoms with van der Waals surface area (Å²) in [5.74, 6) is 0. The van der Waals surface area contributed by atoms with Crippen molar-refractivity contribution < 1.29 is 13.3 Å². The zero-order valence-corrected chi connectivity index (χ0v) is 14.4. The van der Waals surface area contributed by atoms with Crippen molar-refractivity contribution in [1.82, 2.24) is 19.5 Å². The maximum Gasteiger partial charge on any atom is 0.293 e. The maximum atomic E-state index is 11.9. The summed E-state index contributed by atoms with van der Waals surface area (Å²) in [4.78, 5) is 16.6. The van der Waals surface area contributed by atoms with Gasteiger partial charge < -0.3 is 4.90 Å². The monoisotopic (exact) mass is 366 g/mol. The van der Waals surface area contributed by atoms with Crippen LogP contribution in [0, 0.1) is 10.1 Å². The molecule has 2 heterocycles. The van der Waals surface area contributed by atoms with Gasteiger partial charge in [-0.05, 0) is 32.0 Å². The predicted molar refractivity (Wildman–Crippen MR) is 89.8 cm³/mol. The Hall–Kier alpha value is -2.53. The lowest BCUT2D eigenvalue weighted by Crippen LogP contribution is -2.35. The Morgan fingerprint density at radius 2 is 2.04 bits per heavy atom. The van der Waals surface area contributed by atoms with E-state index in [1.165, 1.54) is 25.5 Å². The minimum atomic E-state index is -3.73. The molecule has 0 atom stereocenters. The largest absolute Gasteiger partial charge is 0.366 e. The van der Waals surface area contributed by atoms with Gasteiger partial charge in [-0.25, -0.2) is 22.8 Å². The van der Waals surface area contributed by atoms with Crippen molar-refractivity contribution in [1.29, 1.82) is 0 Å². The lowest BCUT2D eigenvalue weighted by molar-refractivity contribution is -0.384. The van der Waals surface area contributed by atoms with E-state index in [1.54, 1.807) is 11.0 Å². The van der Waals surface area contributed by atoms with Crippen LogP contribution in [0.2, 0.25) is 0 Å². The first-order valence-electron chi connectivity index (χ1n) is 7.73. The first kappa shape index (κ1) is 17.3. The molecule has 0 amide bonds. The average Bonchev–Trinajstić information content (AvgIpc) is 3.16.